The third kappa shape index (κ3) is 1.05. The molecule has 0 bridgehead atoms. The molecule has 0 fully saturated rings. The van der Waals surface area contributed by atoms with Crippen LogP contribution in [0.15, 0.2) is 6.33 Å². The number of imide groups is 1. The van der Waals surface area contributed by atoms with Gasteiger partial charge in [0.1, 0.15) is 0 Å². The fourth-order valence-electron chi connectivity index (χ4n) is 1.79. The van der Waals surface area contributed by atoms with Crippen LogP contribution in [0.4, 0.5) is 10.6 Å². The number of hydrogen-bond acceptors (Lipinski definition) is 3. The van der Waals surface area contributed by atoms with Crippen molar-refractivity contribution in [2.45, 2.75) is 0 Å². The Morgan fingerprint density at radius 2 is 1.87 bits per heavy atom. The van der Waals surface area contributed by atoms with Gasteiger partial charge in [-0.2, -0.15) is 4.48 Å². The van der Waals surface area contributed by atoms with Gasteiger partial charge in [0.2, 0.25) is 5.69 Å². The molecule has 0 spiro atoms. The van der Waals surface area contributed by atoms with Gasteiger partial charge in [-0.1, -0.05) is 0 Å². The molecule has 1 aliphatic heterocycles. The van der Waals surface area contributed by atoms with Gasteiger partial charge in [-0.15, -0.1) is 0 Å². The molecule has 6 heteroatoms. The Bertz CT molecular complexity index is 461. The summed E-state index contributed by atoms with van der Waals surface area (Å²) in [6.45, 7) is 0. The van der Waals surface area contributed by atoms with Gasteiger partial charge in [-0.3, -0.25) is 0 Å². The summed E-state index contributed by atoms with van der Waals surface area (Å²) in [7, 11) is 6.54. The number of aryl methyl sites for hydroxylation is 1. The predicted molar refractivity (Wildman–Crippen MR) is 53.4 cm³/mol. The Hall–Kier alpha value is -1.69. The van der Waals surface area contributed by atoms with Gasteiger partial charge in [0.15, 0.2) is 5.82 Å². The molecule has 3 amide bonds. The van der Waals surface area contributed by atoms with E-state index in [9.17, 15) is 9.59 Å². The van der Waals surface area contributed by atoms with Crippen LogP contribution in [0, 0.1) is 0 Å². The normalized spacial score (nSPS) is 19.3. The van der Waals surface area contributed by atoms with Crippen LogP contribution in [-0.2, 0) is 7.05 Å². The quantitative estimate of drug-likeness (QED) is 0.574. The van der Waals surface area contributed by atoms with E-state index in [1.807, 2.05) is 0 Å². The predicted octanol–water partition coefficient (Wildman–Crippen LogP) is 0.206. The second-order valence-electron chi connectivity index (χ2n) is 4.13. The van der Waals surface area contributed by atoms with Crippen LogP contribution in [0.5, 0.6) is 0 Å². The van der Waals surface area contributed by atoms with Crippen molar-refractivity contribution in [1.29, 1.82) is 0 Å². The van der Waals surface area contributed by atoms with Crippen molar-refractivity contribution < 1.29 is 14.1 Å². The maximum atomic E-state index is 12.0. The Morgan fingerprint density at radius 3 is 2.47 bits per heavy atom. The lowest BCUT2D eigenvalue weighted by Gasteiger charge is -2.32. The number of quaternary nitrogens is 1. The molecule has 0 saturated heterocycles. The van der Waals surface area contributed by atoms with E-state index < -0.39 is 0 Å². The largest absolute Gasteiger partial charge is 0.431 e. The van der Waals surface area contributed by atoms with Gasteiger partial charge in [-0.05, 0) is 0 Å². The molecule has 0 aliphatic carbocycles. The van der Waals surface area contributed by atoms with E-state index >= 15 is 0 Å². The highest BCUT2D eigenvalue weighted by Gasteiger charge is 2.48. The van der Waals surface area contributed by atoms with Crippen LogP contribution < -0.4 is 4.90 Å². The summed E-state index contributed by atoms with van der Waals surface area (Å²) in [4.78, 5) is 29.3. The molecule has 2 rings (SSSR count). The zero-order chi connectivity index (χ0) is 11.4. The van der Waals surface area contributed by atoms with Crippen LogP contribution in [0.3, 0.4) is 0 Å². The highest BCUT2D eigenvalue weighted by atomic mass is 16.2. The lowest BCUT2D eigenvalue weighted by Crippen LogP contribution is -2.59. The Balaban J connectivity index is 2.70. The summed E-state index contributed by atoms with van der Waals surface area (Å²) >= 11 is 0. The first-order chi connectivity index (χ1) is 6.87. The minimum atomic E-state index is -0.319. The summed E-state index contributed by atoms with van der Waals surface area (Å²) in [5.74, 6) is 0.288. The molecule has 0 N–H and O–H groups in total. The lowest BCUT2D eigenvalue weighted by atomic mass is 10.2. The maximum absolute atomic E-state index is 12.0. The smallest absolute Gasteiger partial charge is 0.319 e. The average molecular weight is 209 g/mol. The average Bonchev–Trinajstić information content (AvgIpc) is 2.55. The molecule has 0 atom stereocenters. The SMILES string of the molecule is CN1C(=O)[N+](C)(C)C(=O)c2ncn(C)c21. The van der Waals surface area contributed by atoms with Crippen molar-refractivity contribution in [3.63, 3.8) is 0 Å². The number of nitrogens with zero attached hydrogens (tertiary/aromatic N) is 4. The fraction of sp³-hybridized carbons (Fsp3) is 0.444. The number of anilines is 1. The van der Waals surface area contributed by atoms with Crippen LogP contribution in [0.25, 0.3) is 0 Å². The summed E-state index contributed by atoms with van der Waals surface area (Å²) in [5, 5.41) is 0. The number of fused-ring (bicyclic) bond motifs is 1. The van der Waals surface area contributed by atoms with Gasteiger partial charge >= 0.3 is 11.9 Å². The summed E-state index contributed by atoms with van der Waals surface area (Å²) in [5.41, 5.74) is 0.351. The van der Waals surface area contributed by atoms with E-state index in [1.165, 1.54) is 11.2 Å². The first-order valence-electron chi connectivity index (χ1n) is 4.56. The maximum Gasteiger partial charge on any atom is 0.431 e. The number of imidazole rings is 1. The Morgan fingerprint density at radius 1 is 1.27 bits per heavy atom. The van der Waals surface area contributed by atoms with Crippen molar-refractivity contribution in [1.82, 2.24) is 9.55 Å². The van der Waals surface area contributed by atoms with E-state index in [1.54, 1.807) is 32.8 Å². The minimum Gasteiger partial charge on any atom is -0.319 e. The number of rotatable bonds is 0. The zero-order valence-corrected chi connectivity index (χ0v) is 9.18. The number of hydrogen-bond donors (Lipinski definition) is 0. The van der Waals surface area contributed by atoms with E-state index in [-0.39, 0.29) is 16.4 Å². The molecule has 0 saturated carbocycles. The van der Waals surface area contributed by atoms with E-state index in [4.69, 9.17) is 0 Å². The molecule has 1 aliphatic rings. The molecule has 80 valence electrons. The lowest BCUT2D eigenvalue weighted by molar-refractivity contribution is -0.720. The number of carbonyl (C=O) groups is 2. The highest BCUT2D eigenvalue weighted by molar-refractivity contribution is 6.07. The van der Waals surface area contributed by atoms with Gasteiger partial charge in [0.05, 0.1) is 20.4 Å². The Kier molecular flexibility index (Phi) is 1.75. The van der Waals surface area contributed by atoms with Crippen LogP contribution in [0.2, 0.25) is 0 Å². The van der Waals surface area contributed by atoms with E-state index in [2.05, 4.69) is 4.98 Å². The van der Waals surface area contributed by atoms with Crippen LogP contribution in [0.1, 0.15) is 10.5 Å². The van der Waals surface area contributed by atoms with Crippen molar-refractivity contribution >= 4 is 17.8 Å². The number of amides is 3. The van der Waals surface area contributed by atoms with Crippen molar-refractivity contribution in [3.05, 3.63) is 12.0 Å². The second kappa shape index (κ2) is 2.66. The second-order valence-corrected chi connectivity index (χ2v) is 4.13. The van der Waals surface area contributed by atoms with Gasteiger partial charge in [0.25, 0.3) is 0 Å². The summed E-state index contributed by atoms with van der Waals surface area (Å²) in [6, 6.07) is -0.254. The van der Waals surface area contributed by atoms with E-state index in [0.717, 1.165) is 0 Å². The third-order valence-electron chi connectivity index (χ3n) is 2.70. The number of aromatic nitrogens is 2. The Labute approximate surface area is 87.3 Å². The molecule has 0 radical (unpaired) electrons. The molecule has 15 heavy (non-hydrogen) atoms. The molecule has 0 aromatic carbocycles. The van der Waals surface area contributed by atoms with Crippen LogP contribution in [-0.4, -0.2) is 47.1 Å². The third-order valence-corrected chi connectivity index (χ3v) is 2.70. The molecular weight excluding hydrogens is 196 g/mol. The molecule has 2 heterocycles. The standard InChI is InChI=1S/C9H13N4O2/c1-11-5-10-6-7(11)12(2)9(15)13(3,4)8(6)14/h5H,1-4H3/q+1. The van der Waals surface area contributed by atoms with Crippen molar-refractivity contribution in [2.24, 2.45) is 7.05 Å². The zero-order valence-electron chi connectivity index (χ0n) is 9.18. The first-order valence-corrected chi connectivity index (χ1v) is 4.56. The minimum absolute atomic E-state index is 0.254. The first kappa shape index (κ1) is 9.85. The van der Waals surface area contributed by atoms with E-state index in [0.29, 0.717) is 11.5 Å². The van der Waals surface area contributed by atoms with Gasteiger partial charge in [0, 0.05) is 14.1 Å². The van der Waals surface area contributed by atoms with Crippen LogP contribution >= 0.6 is 0 Å². The molecular formula is C9H13N4O2+. The van der Waals surface area contributed by atoms with Crippen molar-refractivity contribution in [2.75, 3.05) is 26.0 Å². The van der Waals surface area contributed by atoms with Gasteiger partial charge < -0.3 is 4.57 Å². The fourth-order valence-corrected chi connectivity index (χ4v) is 1.79. The molecule has 6 nitrogen and oxygen atoms in total. The number of urea groups is 1. The molecule has 0 unspecified atom stereocenters. The molecule has 1 aromatic heterocycles. The highest BCUT2D eigenvalue weighted by Crippen LogP contribution is 2.28. The topological polar surface area (TPSA) is 55.2 Å². The molecule has 1 aromatic rings. The van der Waals surface area contributed by atoms with Gasteiger partial charge in [-0.25, -0.2) is 19.5 Å². The number of carbonyl (C=O) groups excluding carboxylic acids is 2. The monoisotopic (exact) mass is 209 g/mol. The summed E-state index contributed by atoms with van der Waals surface area (Å²) in [6.07, 6.45) is 1.54. The summed E-state index contributed by atoms with van der Waals surface area (Å²) < 4.78 is 1.35. The van der Waals surface area contributed by atoms with Crippen molar-refractivity contribution in [3.8, 4) is 0 Å².